The molecule has 0 bridgehead atoms. The lowest BCUT2D eigenvalue weighted by atomic mass is 9.63. The van der Waals surface area contributed by atoms with Crippen LogP contribution in [0.25, 0.3) is 0 Å². The molecule has 0 aromatic heterocycles. The fourth-order valence-corrected chi connectivity index (χ4v) is 2.84. The molecule has 1 aromatic rings. The maximum atomic E-state index is 12.2. The summed E-state index contributed by atoms with van der Waals surface area (Å²) >= 11 is 0. The van der Waals surface area contributed by atoms with Gasteiger partial charge in [-0.2, -0.15) is 0 Å². The zero-order chi connectivity index (χ0) is 14.5. The molecule has 5 heteroatoms. The van der Waals surface area contributed by atoms with E-state index >= 15 is 0 Å². The molecule has 0 heterocycles. The lowest BCUT2D eigenvalue weighted by Gasteiger charge is -2.28. The first kappa shape index (κ1) is 15.1. The molecule has 108 valence electrons. The Morgan fingerprint density at radius 2 is 1.80 bits per heavy atom. The van der Waals surface area contributed by atoms with Crippen molar-refractivity contribution >= 4 is 13.0 Å². The zero-order valence-corrected chi connectivity index (χ0v) is 11.8. The lowest BCUT2D eigenvalue weighted by molar-refractivity contribution is -0.126. The Bertz CT molecular complexity index is 430. The minimum Gasteiger partial charge on any atom is -0.427 e. The van der Waals surface area contributed by atoms with E-state index in [1.54, 1.807) is 0 Å². The van der Waals surface area contributed by atoms with Crippen molar-refractivity contribution in [1.82, 2.24) is 5.32 Å². The van der Waals surface area contributed by atoms with E-state index in [9.17, 15) is 4.79 Å². The predicted octanol–water partition coefficient (Wildman–Crippen LogP) is 1.90. The van der Waals surface area contributed by atoms with E-state index in [1.807, 2.05) is 37.3 Å². The van der Waals surface area contributed by atoms with E-state index in [4.69, 9.17) is 10.0 Å². The number of carbonyl (C=O) groups is 1. The molecular weight excluding hydrogens is 253 g/mol. The number of hydrogen-bond donors (Lipinski definition) is 3. The molecule has 1 amide bonds. The van der Waals surface area contributed by atoms with Gasteiger partial charge in [0.1, 0.15) is 0 Å². The summed E-state index contributed by atoms with van der Waals surface area (Å²) in [5.74, 6) is -0.00556. The average Bonchev–Trinajstić information content (AvgIpc) is 2.48. The molecule has 0 unspecified atom stereocenters. The largest absolute Gasteiger partial charge is 0.454 e. The van der Waals surface area contributed by atoms with Gasteiger partial charge in [0.05, 0.1) is 6.04 Å². The molecule has 3 N–H and O–H groups in total. The van der Waals surface area contributed by atoms with Crippen molar-refractivity contribution in [3.63, 3.8) is 0 Å². The summed E-state index contributed by atoms with van der Waals surface area (Å²) in [6.07, 6.45) is 2.87. The van der Waals surface area contributed by atoms with Crippen LogP contribution < -0.4 is 5.32 Å². The summed E-state index contributed by atoms with van der Waals surface area (Å²) in [6, 6.07) is 9.90. The van der Waals surface area contributed by atoms with Crippen LogP contribution in [0.1, 0.15) is 44.2 Å². The number of amides is 1. The zero-order valence-electron chi connectivity index (χ0n) is 11.8. The first-order chi connectivity index (χ1) is 9.58. The molecule has 1 aromatic carbocycles. The summed E-state index contributed by atoms with van der Waals surface area (Å²) in [4.78, 5) is 12.2. The first-order valence-electron chi connectivity index (χ1n) is 7.29. The van der Waals surface area contributed by atoms with Crippen LogP contribution in [0.2, 0.25) is 5.82 Å². The van der Waals surface area contributed by atoms with Crippen molar-refractivity contribution < 1.29 is 14.8 Å². The van der Waals surface area contributed by atoms with E-state index in [0.717, 1.165) is 18.4 Å². The molecule has 0 aliphatic heterocycles. The standard InChI is InChI=1S/C15H22BNO3/c1-11(12-5-3-2-4-6-12)17-15(18)13-7-9-14(10-8-13)16(19)20/h2-6,11,13-14,19-20H,7-10H2,1H3,(H,17,18)/t11-,13?,14?/m1/s1. The van der Waals surface area contributed by atoms with Crippen LogP contribution in [0.3, 0.4) is 0 Å². The minimum absolute atomic E-state index is 0.00355. The normalized spacial score (nSPS) is 23.9. The Morgan fingerprint density at radius 1 is 1.20 bits per heavy atom. The number of rotatable bonds is 4. The summed E-state index contributed by atoms with van der Waals surface area (Å²) < 4.78 is 0. The Morgan fingerprint density at radius 3 is 2.35 bits per heavy atom. The second kappa shape index (κ2) is 6.91. The van der Waals surface area contributed by atoms with Crippen molar-refractivity contribution in [1.29, 1.82) is 0 Å². The molecule has 1 atom stereocenters. The van der Waals surface area contributed by atoms with E-state index in [-0.39, 0.29) is 23.7 Å². The molecule has 1 saturated carbocycles. The van der Waals surface area contributed by atoms with Crippen LogP contribution >= 0.6 is 0 Å². The van der Waals surface area contributed by atoms with Gasteiger partial charge in [-0.05, 0) is 31.1 Å². The predicted molar refractivity (Wildman–Crippen MR) is 78.9 cm³/mol. The number of carbonyl (C=O) groups excluding carboxylic acids is 1. The van der Waals surface area contributed by atoms with E-state index in [1.165, 1.54) is 0 Å². The minimum atomic E-state index is -1.25. The van der Waals surface area contributed by atoms with Crippen molar-refractivity contribution in [3.05, 3.63) is 35.9 Å². The molecule has 0 saturated heterocycles. The summed E-state index contributed by atoms with van der Waals surface area (Å²) in [5, 5.41) is 21.3. The molecule has 1 fully saturated rings. The van der Waals surface area contributed by atoms with Crippen LogP contribution in [0, 0.1) is 5.92 Å². The van der Waals surface area contributed by atoms with Crippen molar-refractivity contribution in [2.24, 2.45) is 5.92 Å². The SMILES string of the molecule is C[C@@H](NC(=O)C1CCC(B(O)O)CC1)c1ccccc1. The van der Waals surface area contributed by atoms with Gasteiger partial charge in [-0.15, -0.1) is 0 Å². The van der Waals surface area contributed by atoms with E-state index < -0.39 is 7.12 Å². The third-order valence-electron chi connectivity index (χ3n) is 4.22. The Kier molecular flexibility index (Phi) is 5.20. The van der Waals surface area contributed by atoms with Crippen molar-refractivity contribution in [2.45, 2.75) is 44.5 Å². The number of nitrogens with one attached hydrogen (secondary N) is 1. The van der Waals surface area contributed by atoms with Gasteiger partial charge in [0.2, 0.25) is 5.91 Å². The number of hydrogen-bond acceptors (Lipinski definition) is 3. The molecule has 0 spiro atoms. The smallest absolute Gasteiger partial charge is 0.427 e. The summed E-state index contributed by atoms with van der Waals surface area (Å²) in [5.41, 5.74) is 1.10. The Hall–Kier alpha value is -1.33. The van der Waals surface area contributed by atoms with Gasteiger partial charge in [0.25, 0.3) is 0 Å². The van der Waals surface area contributed by atoms with Crippen LogP contribution in [-0.2, 0) is 4.79 Å². The third-order valence-corrected chi connectivity index (χ3v) is 4.22. The fourth-order valence-electron chi connectivity index (χ4n) is 2.84. The topological polar surface area (TPSA) is 69.6 Å². The molecule has 1 aliphatic carbocycles. The van der Waals surface area contributed by atoms with Gasteiger partial charge in [-0.1, -0.05) is 43.2 Å². The van der Waals surface area contributed by atoms with Gasteiger partial charge >= 0.3 is 7.12 Å². The summed E-state index contributed by atoms with van der Waals surface area (Å²) in [6.45, 7) is 1.98. The highest BCUT2D eigenvalue weighted by Gasteiger charge is 2.32. The van der Waals surface area contributed by atoms with Gasteiger partial charge in [-0.25, -0.2) is 0 Å². The molecule has 20 heavy (non-hydrogen) atoms. The first-order valence-corrected chi connectivity index (χ1v) is 7.29. The van der Waals surface area contributed by atoms with Gasteiger partial charge in [0, 0.05) is 5.92 Å². The Labute approximate surface area is 120 Å². The molecular formula is C15H22BNO3. The van der Waals surface area contributed by atoms with E-state index in [0.29, 0.717) is 12.8 Å². The average molecular weight is 275 g/mol. The van der Waals surface area contributed by atoms with Crippen molar-refractivity contribution in [2.75, 3.05) is 0 Å². The van der Waals surface area contributed by atoms with Crippen LogP contribution in [-0.4, -0.2) is 23.1 Å². The van der Waals surface area contributed by atoms with Gasteiger partial charge < -0.3 is 15.4 Å². The lowest BCUT2D eigenvalue weighted by Crippen LogP contribution is -2.36. The third kappa shape index (κ3) is 3.84. The van der Waals surface area contributed by atoms with Gasteiger partial charge in [-0.3, -0.25) is 4.79 Å². The second-order valence-corrected chi connectivity index (χ2v) is 5.67. The second-order valence-electron chi connectivity index (χ2n) is 5.67. The van der Waals surface area contributed by atoms with Crippen LogP contribution in [0.5, 0.6) is 0 Å². The highest BCUT2D eigenvalue weighted by molar-refractivity contribution is 6.43. The maximum Gasteiger partial charge on any atom is 0.454 e. The monoisotopic (exact) mass is 275 g/mol. The molecule has 2 rings (SSSR count). The van der Waals surface area contributed by atoms with E-state index in [2.05, 4.69) is 5.32 Å². The molecule has 0 radical (unpaired) electrons. The summed E-state index contributed by atoms with van der Waals surface area (Å²) in [7, 11) is -1.25. The van der Waals surface area contributed by atoms with Gasteiger partial charge in [0.15, 0.2) is 0 Å². The maximum absolute atomic E-state index is 12.2. The Balaban J connectivity index is 1.84. The highest BCUT2D eigenvalue weighted by Crippen LogP contribution is 2.33. The van der Waals surface area contributed by atoms with Crippen LogP contribution in [0.4, 0.5) is 0 Å². The highest BCUT2D eigenvalue weighted by atomic mass is 16.4. The molecule has 1 aliphatic rings. The van der Waals surface area contributed by atoms with Crippen molar-refractivity contribution in [3.8, 4) is 0 Å². The quantitative estimate of drug-likeness (QED) is 0.735. The number of benzene rings is 1. The van der Waals surface area contributed by atoms with Crippen LogP contribution in [0.15, 0.2) is 30.3 Å². The fraction of sp³-hybridized carbons (Fsp3) is 0.533. The molecule has 4 nitrogen and oxygen atoms in total.